The van der Waals surface area contributed by atoms with Gasteiger partial charge in [0, 0.05) is 6.04 Å². The van der Waals surface area contributed by atoms with Crippen LogP contribution < -0.4 is 10.1 Å². The average molecular weight is 219 g/mol. The highest BCUT2D eigenvalue weighted by atomic mass is 16.5. The molecule has 0 atom stereocenters. The topological polar surface area (TPSA) is 21.3 Å². The van der Waals surface area contributed by atoms with E-state index in [1.54, 1.807) is 0 Å². The second kappa shape index (κ2) is 4.88. The molecule has 0 radical (unpaired) electrons. The predicted molar refractivity (Wildman–Crippen MR) is 67.0 cm³/mol. The van der Waals surface area contributed by atoms with E-state index in [0.717, 1.165) is 18.6 Å². The molecule has 1 saturated carbocycles. The molecular formula is C14H21NO. The third kappa shape index (κ3) is 2.56. The van der Waals surface area contributed by atoms with Crippen molar-refractivity contribution >= 4 is 0 Å². The van der Waals surface area contributed by atoms with Gasteiger partial charge in [-0.15, -0.1) is 0 Å². The Hall–Kier alpha value is -1.02. The molecule has 1 aromatic rings. The van der Waals surface area contributed by atoms with Crippen LogP contribution >= 0.6 is 0 Å². The summed E-state index contributed by atoms with van der Waals surface area (Å²) in [6.07, 6.45) is 2.66. The van der Waals surface area contributed by atoms with E-state index in [9.17, 15) is 0 Å². The van der Waals surface area contributed by atoms with Gasteiger partial charge in [-0.05, 0) is 43.5 Å². The summed E-state index contributed by atoms with van der Waals surface area (Å²) in [7, 11) is 2.01. The van der Waals surface area contributed by atoms with Gasteiger partial charge >= 0.3 is 0 Å². The van der Waals surface area contributed by atoms with Gasteiger partial charge in [0.05, 0.1) is 0 Å². The van der Waals surface area contributed by atoms with Crippen molar-refractivity contribution < 1.29 is 4.74 Å². The smallest absolute Gasteiger partial charge is 0.119 e. The molecule has 1 aliphatic rings. The van der Waals surface area contributed by atoms with E-state index in [0.29, 0.717) is 18.1 Å². The zero-order valence-electron chi connectivity index (χ0n) is 10.4. The highest BCUT2D eigenvalue weighted by molar-refractivity contribution is 5.29. The lowest BCUT2D eigenvalue weighted by atomic mass is 9.89. The second-order valence-electron chi connectivity index (χ2n) is 4.92. The fourth-order valence-corrected chi connectivity index (χ4v) is 2.02. The number of benzene rings is 1. The van der Waals surface area contributed by atoms with Gasteiger partial charge in [0.2, 0.25) is 0 Å². The summed E-state index contributed by atoms with van der Waals surface area (Å²) in [6.45, 7) is 4.42. The minimum atomic E-state index is 0.405. The Morgan fingerprint density at radius 2 is 1.81 bits per heavy atom. The van der Waals surface area contributed by atoms with Crippen LogP contribution in [0.1, 0.15) is 38.2 Å². The molecule has 0 heterocycles. The lowest BCUT2D eigenvalue weighted by molar-refractivity contribution is 0.0885. The Bertz CT molecular complexity index is 325. The van der Waals surface area contributed by atoms with Gasteiger partial charge in [0.15, 0.2) is 0 Å². The summed E-state index contributed by atoms with van der Waals surface area (Å²) in [5.41, 5.74) is 1.37. The van der Waals surface area contributed by atoms with E-state index in [1.807, 2.05) is 7.05 Å². The molecule has 2 heteroatoms. The predicted octanol–water partition coefficient (Wildman–Crippen LogP) is 2.94. The Morgan fingerprint density at radius 1 is 1.19 bits per heavy atom. The summed E-state index contributed by atoms with van der Waals surface area (Å²) in [6, 6.07) is 9.15. The van der Waals surface area contributed by atoms with Gasteiger partial charge in [0.1, 0.15) is 11.9 Å². The lowest BCUT2D eigenvalue weighted by Crippen LogP contribution is -2.45. The average Bonchev–Trinajstić information content (AvgIpc) is 2.23. The van der Waals surface area contributed by atoms with E-state index in [-0.39, 0.29) is 0 Å². The molecule has 0 saturated heterocycles. The monoisotopic (exact) mass is 219 g/mol. The van der Waals surface area contributed by atoms with Crippen LogP contribution in [0.3, 0.4) is 0 Å². The number of hydrogen-bond acceptors (Lipinski definition) is 2. The molecule has 0 unspecified atom stereocenters. The normalized spacial score (nSPS) is 24.2. The first kappa shape index (κ1) is 11.5. The lowest BCUT2D eigenvalue weighted by Gasteiger charge is -2.35. The van der Waals surface area contributed by atoms with Crippen LogP contribution in [0.4, 0.5) is 0 Å². The fourth-order valence-electron chi connectivity index (χ4n) is 2.02. The van der Waals surface area contributed by atoms with Crippen molar-refractivity contribution in [3.63, 3.8) is 0 Å². The number of nitrogens with one attached hydrogen (secondary N) is 1. The Kier molecular flexibility index (Phi) is 3.49. The molecule has 0 amide bonds. The van der Waals surface area contributed by atoms with Gasteiger partial charge in [-0.2, -0.15) is 0 Å². The third-order valence-electron chi connectivity index (χ3n) is 3.35. The molecule has 0 aliphatic heterocycles. The van der Waals surface area contributed by atoms with Crippen molar-refractivity contribution in [1.82, 2.24) is 5.32 Å². The van der Waals surface area contributed by atoms with Crippen LogP contribution in [0.2, 0.25) is 0 Å². The quantitative estimate of drug-likeness (QED) is 0.840. The van der Waals surface area contributed by atoms with Gasteiger partial charge in [-0.25, -0.2) is 0 Å². The first-order valence-corrected chi connectivity index (χ1v) is 6.13. The van der Waals surface area contributed by atoms with E-state index >= 15 is 0 Å². The third-order valence-corrected chi connectivity index (χ3v) is 3.35. The van der Waals surface area contributed by atoms with Crippen molar-refractivity contribution in [3.8, 4) is 5.75 Å². The molecule has 0 aromatic heterocycles. The molecule has 1 fully saturated rings. The summed E-state index contributed by atoms with van der Waals surface area (Å²) >= 11 is 0. The van der Waals surface area contributed by atoms with E-state index in [2.05, 4.69) is 43.4 Å². The largest absolute Gasteiger partial charge is 0.490 e. The van der Waals surface area contributed by atoms with Crippen molar-refractivity contribution in [2.24, 2.45) is 0 Å². The number of ether oxygens (including phenoxy) is 1. The van der Waals surface area contributed by atoms with Crippen LogP contribution in [-0.2, 0) is 0 Å². The van der Waals surface area contributed by atoms with Crippen LogP contribution in [-0.4, -0.2) is 19.2 Å². The maximum absolute atomic E-state index is 5.88. The standard InChI is InChI=1S/C14H21NO/c1-10(2)11-4-6-13(7-5-11)16-14-8-12(9-14)15-3/h4-7,10,12,14-15H,8-9H2,1-3H3. The molecule has 2 rings (SSSR count). The van der Waals surface area contributed by atoms with Crippen molar-refractivity contribution in [3.05, 3.63) is 29.8 Å². The Balaban J connectivity index is 1.86. The first-order valence-electron chi connectivity index (χ1n) is 6.13. The van der Waals surface area contributed by atoms with E-state index in [1.165, 1.54) is 5.56 Å². The molecule has 88 valence electrons. The zero-order chi connectivity index (χ0) is 11.5. The van der Waals surface area contributed by atoms with E-state index < -0.39 is 0 Å². The van der Waals surface area contributed by atoms with Gasteiger partial charge < -0.3 is 10.1 Å². The summed E-state index contributed by atoms with van der Waals surface area (Å²) in [5.74, 6) is 1.59. The number of hydrogen-bond donors (Lipinski definition) is 1. The molecule has 2 nitrogen and oxygen atoms in total. The van der Waals surface area contributed by atoms with Crippen molar-refractivity contribution in [2.75, 3.05) is 7.05 Å². The summed E-state index contributed by atoms with van der Waals surface area (Å²) < 4.78 is 5.88. The van der Waals surface area contributed by atoms with Crippen LogP contribution in [0, 0.1) is 0 Å². The molecular weight excluding hydrogens is 198 g/mol. The van der Waals surface area contributed by atoms with Crippen LogP contribution in [0.15, 0.2) is 24.3 Å². The summed E-state index contributed by atoms with van der Waals surface area (Å²) in [4.78, 5) is 0. The molecule has 0 bridgehead atoms. The van der Waals surface area contributed by atoms with Crippen LogP contribution in [0.25, 0.3) is 0 Å². The maximum atomic E-state index is 5.88. The highest BCUT2D eigenvalue weighted by Gasteiger charge is 2.29. The molecule has 1 N–H and O–H groups in total. The van der Waals surface area contributed by atoms with Crippen molar-refractivity contribution in [2.45, 2.75) is 44.8 Å². The Morgan fingerprint density at radius 3 is 2.31 bits per heavy atom. The minimum Gasteiger partial charge on any atom is -0.490 e. The van der Waals surface area contributed by atoms with Gasteiger partial charge in [-0.3, -0.25) is 0 Å². The maximum Gasteiger partial charge on any atom is 0.119 e. The summed E-state index contributed by atoms with van der Waals surface area (Å²) in [5, 5.41) is 3.26. The second-order valence-corrected chi connectivity index (χ2v) is 4.92. The Labute approximate surface area is 98.0 Å². The molecule has 1 aromatic carbocycles. The van der Waals surface area contributed by atoms with Gasteiger partial charge in [-0.1, -0.05) is 26.0 Å². The number of rotatable bonds is 4. The molecule has 0 spiro atoms. The highest BCUT2D eigenvalue weighted by Crippen LogP contribution is 2.26. The minimum absolute atomic E-state index is 0.405. The van der Waals surface area contributed by atoms with E-state index in [4.69, 9.17) is 4.74 Å². The fraction of sp³-hybridized carbons (Fsp3) is 0.571. The molecule has 1 aliphatic carbocycles. The van der Waals surface area contributed by atoms with Crippen molar-refractivity contribution in [1.29, 1.82) is 0 Å². The van der Waals surface area contributed by atoms with Gasteiger partial charge in [0.25, 0.3) is 0 Å². The zero-order valence-corrected chi connectivity index (χ0v) is 10.4. The van der Waals surface area contributed by atoms with Crippen LogP contribution in [0.5, 0.6) is 5.75 Å². The molecule has 16 heavy (non-hydrogen) atoms. The SMILES string of the molecule is CNC1CC(Oc2ccc(C(C)C)cc2)C1. The first-order chi connectivity index (χ1) is 7.69.